The minimum atomic E-state index is -0.204. The molecule has 0 fully saturated rings. The van der Waals surface area contributed by atoms with Crippen molar-refractivity contribution in [3.8, 4) is 0 Å². The van der Waals surface area contributed by atoms with Gasteiger partial charge in [-0.1, -0.05) is 11.6 Å². The van der Waals surface area contributed by atoms with Gasteiger partial charge >= 0.3 is 0 Å². The van der Waals surface area contributed by atoms with Crippen LogP contribution in [0.25, 0.3) is 0 Å². The molecule has 1 heterocycles. The summed E-state index contributed by atoms with van der Waals surface area (Å²) in [5.74, 6) is 0. The van der Waals surface area contributed by atoms with Crippen LogP contribution in [0.5, 0.6) is 0 Å². The van der Waals surface area contributed by atoms with Crippen molar-refractivity contribution in [2.45, 2.75) is 5.50 Å². The normalized spacial score (nSPS) is 30.5. The van der Waals surface area contributed by atoms with Crippen molar-refractivity contribution in [2.75, 3.05) is 0 Å². The van der Waals surface area contributed by atoms with Crippen molar-refractivity contribution < 1.29 is 0 Å². The summed E-state index contributed by atoms with van der Waals surface area (Å²) in [6, 6.07) is 0. The number of halogens is 1. The van der Waals surface area contributed by atoms with Crippen LogP contribution >= 0.6 is 11.6 Å². The highest BCUT2D eigenvalue weighted by molar-refractivity contribution is 6.23. The lowest BCUT2D eigenvalue weighted by Gasteiger charge is -1.91. The number of nitrogens with one attached hydrogen (secondary N) is 1. The lowest BCUT2D eigenvalue weighted by atomic mass is 10.5. The second-order valence-electron chi connectivity index (χ2n) is 0.917. The number of hydrogen-bond donors (Lipinski definition) is 1. The van der Waals surface area contributed by atoms with Crippen LogP contribution in [0, 0.1) is 6.42 Å². The zero-order chi connectivity index (χ0) is 4.41. The molecule has 0 spiro atoms. The molecule has 1 unspecified atom stereocenters. The van der Waals surface area contributed by atoms with E-state index in [1.165, 1.54) is 6.21 Å². The Hall–Kier alpha value is -0.240. The van der Waals surface area contributed by atoms with Gasteiger partial charge in [-0.25, -0.2) is 0 Å². The van der Waals surface area contributed by atoms with E-state index >= 15 is 0 Å². The summed E-state index contributed by atoms with van der Waals surface area (Å²) in [5.41, 5.74) is 2.34. The minimum absolute atomic E-state index is 0.204. The van der Waals surface area contributed by atoms with Gasteiger partial charge in [0.15, 0.2) is 0 Å². The molecule has 0 aromatic rings. The fourth-order valence-corrected chi connectivity index (χ4v) is 0.355. The molecule has 0 saturated heterocycles. The lowest BCUT2D eigenvalue weighted by molar-refractivity contribution is 0.800. The van der Waals surface area contributed by atoms with Gasteiger partial charge < -0.3 is 0 Å². The van der Waals surface area contributed by atoms with Gasteiger partial charge in [-0.3, -0.25) is 5.43 Å². The van der Waals surface area contributed by atoms with Crippen molar-refractivity contribution >= 4 is 17.8 Å². The number of nitrogens with zero attached hydrogens (tertiary/aromatic N) is 1. The summed E-state index contributed by atoms with van der Waals surface area (Å²) < 4.78 is 0. The van der Waals surface area contributed by atoms with E-state index in [1.54, 1.807) is 0 Å². The molecule has 0 aromatic heterocycles. The summed E-state index contributed by atoms with van der Waals surface area (Å²) in [5, 5.41) is 3.55. The Bertz CT molecular complexity index is 63.2. The molecule has 6 heavy (non-hydrogen) atoms. The highest BCUT2D eigenvalue weighted by Crippen LogP contribution is 1.97. The fourth-order valence-electron chi connectivity index (χ4n) is 0.243. The molecule has 0 aromatic carbocycles. The van der Waals surface area contributed by atoms with E-state index in [9.17, 15) is 0 Å². The zero-order valence-electron chi connectivity index (χ0n) is 2.98. The first-order chi connectivity index (χ1) is 2.89. The molecule has 0 bridgehead atoms. The van der Waals surface area contributed by atoms with E-state index < -0.39 is 0 Å². The Labute approximate surface area is 41.2 Å². The van der Waals surface area contributed by atoms with Crippen LogP contribution in [0.15, 0.2) is 5.10 Å². The van der Waals surface area contributed by atoms with Crippen LogP contribution in [0.4, 0.5) is 0 Å². The van der Waals surface area contributed by atoms with Gasteiger partial charge in [0.2, 0.25) is 0 Å². The van der Waals surface area contributed by atoms with Crippen LogP contribution in [0.3, 0.4) is 0 Å². The third-order valence-corrected chi connectivity index (χ3v) is 0.697. The molecule has 1 rings (SSSR count). The van der Waals surface area contributed by atoms with Gasteiger partial charge in [0.1, 0.15) is 5.50 Å². The van der Waals surface area contributed by atoms with E-state index in [-0.39, 0.29) is 5.50 Å². The Kier molecular flexibility index (Phi) is 0.965. The van der Waals surface area contributed by atoms with Gasteiger partial charge in [0, 0.05) is 6.21 Å². The van der Waals surface area contributed by atoms with Crippen molar-refractivity contribution in [1.29, 1.82) is 0 Å². The summed E-state index contributed by atoms with van der Waals surface area (Å²) >= 11 is 5.36. The van der Waals surface area contributed by atoms with Gasteiger partial charge in [0.25, 0.3) is 0 Å². The summed E-state index contributed by atoms with van der Waals surface area (Å²) in [4.78, 5) is 0. The number of rotatable bonds is 0. The quantitative estimate of drug-likeness (QED) is 0.344. The Morgan fingerprint density at radius 1 is 2.00 bits per heavy atom. The predicted octanol–water partition coefficient (Wildman–Crippen LogP) is 0.222. The molecule has 3 heteroatoms. The van der Waals surface area contributed by atoms with Crippen LogP contribution in [-0.4, -0.2) is 11.7 Å². The standard InChI is InChI=1S/C3H3ClN2/c4-3-1-2-5-6-3/h2-3,6H. The molecule has 2 radical (unpaired) electrons. The first kappa shape index (κ1) is 3.93. The number of hydrazone groups is 1. The monoisotopic (exact) mass is 102 g/mol. The van der Waals surface area contributed by atoms with Crippen LogP contribution in [0.2, 0.25) is 0 Å². The maximum absolute atomic E-state index is 5.36. The number of hydrogen-bond acceptors (Lipinski definition) is 2. The van der Waals surface area contributed by atoms with Gasteiger partial charge in [0.05, 0.1) is 6.42 Å². The van der Waals surface area contributed by atoms with Crippen molar-refractivity contribution in [3.05, 3.63) is 6.42 Å². The Balaban J connectivity index is 2.32. The zero-order valence-corrected chi connectivity index (χ0v) is 3.74. The third-order valence-electron chi connectivity index (χ3n) is 0.473. The molecule has 1 N–H and O–H groups in total. The highest BCUT2D eigenvalue weighted by atomic mass is 35.5. The SMILES string of the molecule is ClC1[C]C=NN1. The van der Waals surface area contributed by atoms with Crippen molar-refractivity contribution in [2.24, 2.45) is 5.10 Å². The second kappa shape index (κ2) is 1.47. The Morgan fingerprint density at radius 2 is 2.83 bits per heavy atom. The van der Waals surface area contributed by atoms with Crippen molar-refractivity contribution in [1.82, 2.24) is 5.43 Å². The highest BCUT2D eigenvalue weighted by Gasteiger charge is 2.03. The van der Waals surface area contributed by atoms with Crippen LogP contribution in [-0.2, 0) is 0 Å². The third kappa shape index (κ3) is 0.627. The predicted molar refractivity (Wildman–Crippen MR) is 24.5 cm³/mol. The first-order valence-electron chi connectivity index (χ1n) is 1.57. The van der Waals surface area contributed by atoms with Crippen molar-refractivity contribution in [3.63, 3.8) is 0 Å². The minimum Gasteiger partial charge on any atom is -0.291 e. The van der Waals surface area contributed by atoms with E-state index in [1.807, 2.05) is 0 Å². The average Bonchev–Trinajstić information content (AvgIpc) is 1.86. The lowest BCUT2D eigenvalue weighted by Crippen LogP contribution is -2.09. The maximum atomic E-state index is 5.36. The molecule has 0 saturated carbocycles. The molecular formula is C3H3ClN2. The van der Waals surface area contributed by atoms with E-state index in [4.69, 9.17) is 11.6 Å². The molecule has 32 valence electrons. The molecule has 0 aliphatic carbocycles. The summed E-state index contributed by atoms with van der Waals surface area (Å²) in [7, 11) is 0. The van der Waals surface area contributed by atoms with Gasteiger partial charge in [-0.2, -0.15) is 5.10 Å². The topological polar surface area (TPSA) is 24.4 Å². The van der Waals surface area contributed by atoms with Gasteiger partial charge in [-0.05, 0) is 0 Å². The largest absolute Gasteiger partial charge is 0.291 e. The van der Waals surface area contributed by atoms with E-state index in [0.29, 0.717) is 0 Å². The summed E-state index contributed by atoms with van der Waals surface area (Å²) in [6.07, 6.45) is 4.19. The Morgan fingerprint density at radius 3 is 3.00 bits per heavy atom. The van der Waals surface area contributed by atoms with Crippen LogP contribution < -0.4 is 5.43 Å². The molecule has 1 atom stereocenters. The van der Waals surface area contributed by atoms with Gasteiger partial charge in [-0.15, -0.1) is 0 Å². The van der Waals surface area contributed by atoms with E-state index in [0.717, 1.165) is 0 Å². The molecule has 1 aliphatic heterocycles. The summed E-state index contributed by atoms with van der Waals surface area (Å²) in [6.45, 7) is 0. The molecule has 2 nitrogen and oxygen atoms in total. The number of alkyl halides is 1. The molecule has 1 aliphatic rings. The molecule has 0 amide bonds. The van der Waals surface area contributed by atoms with E-state index in [2.05, 4.69) is 16.9 Å². The maximum Gasteiger partial charge on any atom is 0.130 e. The smallest absolute Gasteiger partial charge is 0.130 e. The second-order valence-corrected chi connectivity index (χ2v) is 1.35. The van der Waals surface area contributed by atoms with Crippen LogP contribution in [0.1, 0.15) is 0 Å². The fraction of sp³-hybridized carbons (Fsp3) is 0.333. The first-order valence-corrected chi connectivity index (χ1v) is 2.00. The molecular weight excluding hydrogens is 99.5 g/mol. The average molecular weight is 103 g/mol.